The number of carboxylic acid groups (broad SMARTS) is 1. The molecule has 1 atom stereocenters. The zero-order chi connectivity index (χ0) is 14.1. The van der Waals surface area contributed by atoms with Gasteiger partial charge in [0.1, 0.15) is 6.04 Å². The Morgan fingerprint density at radius 3 is 2.50 bits per heavy atom. The zero-order valence-electron chi connectivity index (χ0n) is 11.5. The molecule has 0 aliphatic rings. The first-order valence-electron chi connectivity index (χ1n) is 6.23. The number of amides is 2. The second-order valence-corrected chi connectivity index (χ2v) is 4.82. The zero-order valence-corrected chi connectivity index (χ0v) is 11.5. The molecule has 0 radical (unpaired) electrons. The van der Waals surface area contributed by atoms with Gasteiger partial charge in [-0.25, -0.2) is 4.79 Å². The summed E-state index contributed by atoms with van der Waals surface area (Å²) in [4.78, 5) is 24.3. The molecular weight excluding hydrogens is 232 g/mol. The van der Waals surface area contributed by atoms with Gasteiger partial charge in [0.2, 0.25) is 5.91 Å². The van der Waals surface area contributed by atoms with Gasteiger partial charge in [-0.3, -0.25) is 4.79 Å². The molecule has 18 heavy (non-hydrogen) atoms. The van der Waals surface area contributed by atoms with Gasteiger partial charge in [-0.2, -0.15) is 0 Å². The highest BCUT2D eigenvalue weighted by atomic mass is 16.4. The third-order valence-electron chi connectivity index (χ3n) is 2.58. The molecule has 0 saturated carbocycles. The van der Waals surface area contributed by atoms with Crippen molar-refractivity contribution >= 4 is 12.0 Å². The van der Waals surface area contributed by atoms with E-state index in [0.717, 1.165) is 12.8 Å². The maximum absolute atomic E-state index is 12.1. The molecular formula is C13H24N2O3. The van der Waals surface area contributed by atoms with Gasteiger partial charge in [-0.05, 0) is 25.2 Å². The van der Waals surface area contributed by atoms with Gasteiger partial charge < -0.3 is 15.3 Å². The lowest BCUT2D eigenvalue weighted by Gasteiger charge is -2.24. The summed E-state index contributed by atoms with van der Waals surface area (Å²) in [5.74, 6) is 0.0857. The van der Waals surface area contributed by atoms with E-state index in [2.05, 4.69) is 11.9 Å². The maximum atomic E-state index is 12.1. The van der Waals surface area contributed by atoms with E-state index in [0.29, 0.717) is 13.0 Å². The van der Waals surface area contributed by atoms with Crippen LogP contribution < -0.4 is 5.32 Å². The number of carbonyl (C=O) groups is 2. The topological polar surface area (TPSA) is 69.6 Å². The van der Waals surface area contributed by atoms with Gasteiger partial charge in [0.15, 0.2) is 0 Å². The van der Waals surface area contributed by atoms with Gasteiger partial charge >= 0.3 is 6.09 Å². The maximum Gasteiger partial charge on any atom is 0.405 e. The Balaban J connectivity index is 4.42. The molecule has 0 heterocycles. The molecule has 1 unspecified atom stereocenters. The third kappa shape index (κ3) is 6.93. The Bertz CT molecular complexity index is 290. The summed E-state index contributed by atoms with van der Waals surface area (Å²) in [6.07, 6.45) is 2.84. The number of hydrogen-bond donors (Lipinski definition) is 2. The predicted octanol–water partition coefficient (Wildman–Crippen LogP) is 2.09. The summed E-state index contributed by atoms with van der Waals surface area (Å²) in [5, 5.41) is 11.0. The Hall–Kier alpha value is -1.52. The number of nitrogens with zero attached hydrogens (tertiary/aromatic N) is 1. The van der Waals surface area contributed by atoms with Crippen LogP contribution in [0.15, 0.2) is 12.7 Å². The minimum Gasteiger partial charge on any atom is -0.465 e. The first-order valence-corrected chi connectivity index (χ1v) is 6.23. The molecule has 0 bridgehead atoms. The van der Waals surface area contributed by atoms with Crippen molar-refractivity contribution in [3.8, 4) is 0 Å². The second-order valence-electron chi connectivity index (χ2n) is 4.82. The van der Waals surface area contributed by atoms with Gasteiger partial charge in [-0.1, -0.05) is 19.9 Å². The summed E-state index contributed by atoms with van der Waals surface area (Å²) in [5.41, 5.74) is 0. The number of carbonyl (C=O) groups excluding carboxylic acids is 1. The average Bonchev–Trinajstić information content (AvgIpc) is 2.26. The molecule has 2 N–H and O–H groups in total. The number of likely N-dealkylation sites (N-methyl/N-ethyl adjacent to an activating group) is 1. The molecule has 0 aliphatic heterocycles. The van der Waals surface area contributed by atoms with Crippen molar-refractivity contribution in [3.63, 3.8) is 0 Å². The van der Waals surface area contributed by atoms with Crippen molar-refractivity contribution in [1.82, 2.24) is 10.2 Å². The van der Waals surface area contributed by atoms with E-state index in [1.165, 1.54) is 0 Å². The average molecular weight is 256 g/mol. The second kappa shape index (κ2) is 8.55. The van der Waals surface area contributed by atoms with Crippen molar-refractivity contribution < 1.29 is 14.7 Å². The molecule has 0 aromatic carbocycles. The molecule has 0 fully saturated rings. The molecule has 0 spiro atoms. The van der Waals surface area contributed by atoms with Crippen molar-refractivity contribution in [2.45, 2.75) is 39.2 Å². The molecule has 5 heteroatoms. The van der Waals surface area contributed by atoms with Gasteiger partial charge in [-0.15, -0.1) is 6.58 Å². The number of hydrogen-bond acceptors (Lipinski definition) is 2. The highest BCUT2D eigenvalue weighted by Gasteiger charge is 2.24. The minimum absolute atomic E-state index is 0.171. The molecule has 5 nitrogen and oxygen atoms in total. The molecule has 2 amide bonds. The quantitative estimate of drug-likeness (QED) is 0.516. The van der Waals surface area contributed by atoms with Crippen LogP contribution in [-0.2, 0) is 4.79 Å². The number of unbranched alkanes of at least 4 members (excludes halogenated alkanes) is 1. The van der Waals surface area contributed by atoms with Crippen LogP contribution in [0.2, 0.25) is 0 Å². The van der Waals surface area contributed by atoms with Crippen LogP contribution in [-0.4, -0.2) is 41.6 Å². The number of rotatable bonds is 8. The summed E-state index contributed by atoms with van der Waals surface area (Å²) < 4.78 is 0. The number of allylic oxidation sites excluding steroid dienone is 1. The van der Waals surface area contributed by atoms with Crippen LogP contribution in [0.25, 0.3) is 0 Å². The number of nitrogens with one attached hydrogen (secondary N) is 1. The van der Waals surface area contributed by atoms with E-state index < -0.39 is 12.1 Å². The molecule has 0 aromatic heterocycles. The highest BCUT2D eigenvalue weighted by Crippen LogP contribution is 2.08. The highest BCUT2D eigenvalue weighted by molar-refractivity contribution is 5.85. The van der Waals surface area contributed by atoms with E-state index >= 15 is 0 Å². The van der Waals surface area contributed by atoms with Crippen LogP contribution in [0.3, 0.4) is 0 Å². The Kier molecular flexibility index (Phi) is 7.83. The monoisotopic (exact) mass is 256 g/mol. The fraction of sp³-hybridized carbons (Fsp3) is 0.692. The summed E-state index contributed by atoms with van der Waals surface area (Å²) in [7, 11) is 1.70. The summed E-state index contributed by atoms with van der Waals surface area (Å²) in [6.45, 7) is 8.15. The van der Waals surface area contributed by atoms with E-state index in [9.17, 15) is 9.59 Å². The van der Waals surface area contributed by atoms with Gasteiger partial charge in [0.25, 0.3) is 0 Å². The first kappa shape index (κ1) is 16.5. The standard InChI is InChI=1S/C13H24N2O3/c1-5-6-7-8-15(4)12(16)11(9-10(2)3)14-13(17)18/h5,10-11,14H,1,6-9H2,2-4H3,(H,17,18). The summed E-state index contributed by atoms with van der Waals surface area (Å²) >= 11 is 0. The van der Waals surface area contributed by atoms with Crippen LogP contribution in [0.4, 0.5) is 4.79 Å². The van der Waals surface area contributed by atoms with Crippen LogP contribution in [0, 0.1) is 5.92 Å². The van der Waals surface area contributed by atoms with Gasteiger partial charge in [0.05, 0.1) is 0 Å². The van der Waals surface area contributed by atoms with Crippen molar-refractivity contribution in [2.75, 3.05) is 13.6 Å². The van der Waals surface area contributed by atoms with Gasteiger partial charge in [0, 0.05) is 13.6 Å². The Morgan fingerprint density at radius 1 is 1.44 bits per heavy atom. The molecule has 0 aromatic rings. The summed E-state index contributed by atoms with van der Waals surface area (Å²) in [6, 6.07) is -0.656. The lowest BCUT2D eigenvalue weighted by molar-refractivity contribution is -0.132. The fourth-order valence-corrected chi connectivity index (χ4v) is 1.69. The predicted molar refractivity (Wildman–Crippen MR) is 71.5 cm³/mol. The van der Waals surface area contributed by atoms with E-state index in [1.807, 2.05) is 13.8 Å². The van der Waals surface area contributed by atoms with E-state index in [-0.39, 0.29) is 11.8 Å². The van der Waals surface area contributed by atoms with Crippen molar-refractivity contribution in [3.05, 3.63) is 12.7 Å². The Labute approximate surface area is 109 Å². The normalized spacial score (nSPS) is 12.0. The third-order valence-corrected chi connectivity index (χ3v) is 2.58. The molecule has 0 aliphatic carbocycles. The smallest absolute Gasteiger partial charge is 0.405 e. The van der Waals surface area contributed by atoms with Crippen LogP contribution in [0.5, 0.6) is 0 Å². The van der Waals surface area contributed by atoms with Crippen molar-refractivity contribution in [1.29, 1.82) is 0 Å². The first-order chi connectivity index (χ1) is 8.38. The SMILES string of the molecule is C=CCCCN(C)C(=O)C(CC(C)C)NC(=O)O. The fourth-order valence-electron chi connectivity index (χ4n) is 1.69. The van der Waals surface area contributed by atoms with E-state index in [4.69, 9.17) is 5.11 Å². The largest absolute Gasteiger partial charge is 0.465 e. The molecule has 104 valence electrons. The van der Waals surface area contributed by atoms with Crippen molar-refractivity contribution in [2.24, 2.45) is 5.92 Å². The van der Waals surface area contributed by atoms with E-state index in [1.54, 1.807) is 18.0 Å². The molecule has 0 rings (SSSR count). The minimum atomic E-state index is -1.16. The molecule has 0 saturated heterocycles. The Morgan fingerprint density at radius 2 is 2.06 bits per heavy atom. The van der Waals surface area contributed by atoms with Crippen LogP contribution in [0.1, 0.15) is 33.1 Å². The lowest BCUT2D eigenvalue weighted by Crippen LogP contribution is -2.47. The van der Waals surface area contributed by atoms with Crippen LogP contribution >= 0.6 is 0 Å². The lowest BCUT2D eigenvalue weighted by atomic mass is 10.0.